The zero-order valence-corrected chi connectivity index (χ0v) is 28.7. The maximum atomic E-state index is 16.2. The van der Waals surface area contributed by atoms with E-state index in [9.17, 15) is 9.65 Å². The Balaban J connectivity index is 0.000000315. The van der Waals surface area contributed by atoms with Crippen LogP contribution in [0.4, 0.5) is 19.7 Å². The van der Waals surface area contributed by atoms with E-state index in [0.717, 1.165) is 49.2 Å². The number of anilines is 2. The second-order valence-corrected chi connectivity index (χ2v) is 12.4. The molecule has 0 bridgehead atoms. The van der Waals surface area contributed by atoms with E-state index in [-0.39, 0.29) is 50.6 Å². The Morgan fingerprint density at radius 2 is 1.87 bits per heavy atom. The zero-order valence-electron chi connectivity index (χ0n) is 27.9. The van der Waals surface area contributed by atoms with Gasteiger partial charge in [-0.25, -0.2) is 18.7 Å². The Labute approximate surface area is 275 Å². The van der Waals surface area contributed by atoms with Gasteiger partial charge in [0, 0.05) is 42.2 Å². The number of halogens is 2. The highest BCUT2D eigenvalue weighted by Gasteiger charge is 2.30. The molecular formula is C35H46F2N6O2S. The van der Waals surface area contributed by atoms with E-state index >= 15 is 4.39 Å². The predicted octanol–water partition coefficient (Wildman–Crippen LogP) is 8.92. The minimum absolute atomic E-state index is 0.0959. The van der Waals surface area contributed by atoms with Crippen LogP contribution in [0.3, 0.4) is 0 Å². The molecule has 0 aliphatic carbocycles. The third-order valence-electron chi connectivity index (χ3n) is 8.34. The molecule has 8 nitrogen and oxygen atoms in total. The third kappa shape index (κ3) is 7.09. The van der Waals surface area contributed by atoms with E-state index < -0.39 is 11.6 Å². The molecule has 0 spiro atoms. The first kappa shape index (κ1) is 35.4. The first-order chi connectivity index (χ1) is 22.4. The Morgan fingerprint density at radius 3 is 2.52 bits per heavy atom. The van der Waals surface area contributed by atoms with Gasteiger partial charge in [-0.15, -0.1) is 11.3 Å². The number of nitrogen functional groups attached to an aromatic ring is 1. The van der Waals surface area contributed by atoms with Crippen LogP contribution in [0, 0.1) is 28.9 Å². The fourth-order valence-corrected chi connectivity index (χ4v) is 7.03. The summed E-state index contributed by atoms with van der Waals surface area (Å²) in [6, 6.07) is 2.02. The summed E-state index contributed by atoms with van der Waals surface area (Å²) in [6.07, 6.45) is 10.9. The lowest BCUT2D eigenvalue weighted by Crippen LogP contribution is -2.21. The number of hydrogen-bond acceptors (Lipinski definition) is 9. The van der Waals surface area contributed by atoms with Crippen molar-refractivity contribution in [2.75, 3.05) is 30.3 Å². The Hall–Kier alpha value is -3.46. The molecule has 11 heteroatoms. The molecule has 6 heterocycles. The van der Waals surface area contributed by atoms with Gasteiger partial charge >= 0.3 is 0 Å². The number of fused-ring (bicyclic) bond motifs is 4. The predicted molar refractivity (Wildman–Crippen MR) is 183 cm³/mol. The van der Waals surface area contributed by atoms with Crippen LogP contribution in [0.15, 0.2) is 12.4 Å². The van der Waals surface area contributed by atoms with Crippen molar-refractivity contribution >= 4 is 43.3 Å². The molecule has 0 radical (unpaired) electrons. The largest absolute Gasteiger partial charge is 0.389 e. The number of nitriles is 1. The van der Waals surface area contributed by atoms with Crippen molar-refractivity contribution in [2.45, 2.75) is 99.4 Å². The van der Waals surface area contributed by atoms with E-state index in [0.29, 0.717) is 28.9 Å². The number of ether oxygens (including phenoxy) is 2. The Morgan fingerprint density at radius 1 is 1.11 bits per heavy atom. The van der Waals surface area contributed by atoms with Gasteiger partial charge in [-0.05, 0) is 42.7 Å². The standard InChI is InChI=1S/C23H18F2N6OS.C8H16O.2C2H6/c1-10-2-3-31(7-10)23-29-5-12-13-8-32-9-14(13)16(18(25)19(12)30-23)20-17-11(4-26)22(27)33-21(17)15(24)6-28-20;1-2-3-5-8-6-4-7-9-8;2*1-2/h5-6,10H,2-3,7-9,27H2,1H3;8H,2-7H2,1H3;2*1-2H3. The molecule has 3 aliphatic rings. The summed E-state index contributed by atoms with van der Waals surface area (Å²) >= 11 is 0.955. The van der Waals surface area contributed by atoms with Crippen LogP contribution in [-0.4, -0.2) is 40.8 Å². The highest BCUT2D eigenvalue weighted by atomic mass is 32.1. The molecule has 2 atom stereocenters. The monoisotopic (exact) mass is 652 g/mol. The lowest BCUT2D eigenvalue weighted by atomic mass is 9.94. The highest BCUT2D eigenvalue weighted by molar-refractivity contribution is 7.23. The molecule has 46 heavy (non-hydrogen) atoms. The maximum Gasteiger partial charge on any atom is 0.225 e. The number of thiophene rings is 1. The number of unbranched alkanes of at least 4 members (excludes halogenated alkanes) is 1. The number of rotatable bonds is 5. The van der Waals surface area contributed by atoms with E-state index in [4.69, 9.17) is 15.2 Å². The molecule has 7 rings (SSSR count). The topological polar surface area (TPSA) is 110 Å². The third-order valence-corrected chi connectivity index (χ3v) is 9.37. The minimum Gasteiger partial charge on any atom is -0.389 e. The van der Waals surface area contributed by atoms with Crippen LogP contribution in [0.5, 0.6) is 0 Å². The van der Waals surface area contributed by atoms with E-state index in [1.807, 2.05) is 33.8 Å². The quantitative estimate of drug-likeness (QED) is 0.228. The summed E-state index contributed by atoms with van der Waals surface area (Å²) < 4.78 is 42.0. The molecule has 3 aromatic heterocycles. The molecule has 0 amide bonds. The molecular weight excluding hydrogens is 606 g/mol. The van der Waals surface area contributed by atoms with Crippen molar-refractivity contribution < 1.29 is 18.3 Å². The Bertz CT molecular complexity index is 1680. The van der Waals surface area contributed by atoms with Gasteiger partial charge in [0.25, 0.3) is 0 Å². The normalized spacial score (nSPS) is 18.3. The molecule has 2 N–H and O–H groups in total. The van der Waals surface area contributed by atoms with Crippen molar-refractivity contribution in [1.29, 1.82) is 5.26 Å². The number of nitrogens with two attached hydrogens (primary N) is 1. The molecule has 2 unspecified atom stereocenters. The van der Waals surface area contributed by atoms with Gasteiger partial charge in [-0.2, -0.15) is 5.26 Å². The van der Waals surface area contributed by atoms with Crippen molar-refractivity contribution in [1.82, 2.24) is 15.0 Å². The number of hydrogen-bond donors (Lipinski definition) is 1. The lowest BCUT2D eigenvalue weighted by molar-refractivity contribution is 0.102. The zero-order chi connectivity index (χ0) is 33.4. The highest BCUT2D eigenvalue weighted by Crippen LogP contribution is 2.45. The van der Waals surface area contributed by atoms with Gasteiger partial charge in [0.1, 0.15) is 16.6 Å². The van der Waals surface area contributed by atoms with E-state index in [1.165, 1.54) is 32.1 Å². The summed E-state index contributed by atoms with van der Waals surface area (Å²) in [6.45, 7) is 15.5. The van der Waals surface area contributed by atoms with Crippen molar-refractivity contribution in [3.63, 3.8) is 0 Å². The molecule has 3 aliphatic heterocycles. The summed E-state index contributed by atoms with van der Waals surface area (Å²) in [5.74, 6) is -0.193. The van der Waals surface area contributed by atoms with Gasteiger partial charge in [-0.1, -0.05) is 54.4 Å². The van der Waals surface area contributed by atoms with Crippen LogP contribution in [-0.2, 0) is 22.7 Å². The molecule has 248 valence electrons. The maximum absolute atomic E-state index is 16.2. The Kier molecular flexibility index (Phi) is 12.6. The van der Waals surface area contributed by atoms with Gasteiger partial charge in [-0.3, -0.25) is 4.98 Å². The molecule has 2 fully saturated rings. The molecule has 4 aromatic rings. The summed E-state index contributed by atoms with van der Waals surface area (Å²) in [5, 5.41) is 10.6. The van der Waals surface area contributed by atoms with E-state index in [2.05, 4.69) is 33.7 Å². The van der Waals surface area contributed by atoms with Gasteiger partial charge in [0.2, 0.25) is 5.95 Å². The lowest BCUT2D eigenvalue weighted by Gasteiger charge is -2.18. The first-order valence-corrected chi connectivity index (χ1v) is 17.4. The van der Waals surface area contributed by atoms with Crippen molar-refractivity contribution in [3.8, 4) is 17.3 Å². The SMILES string of the molecule is CC.CC.CC1CCN(c2ncc3c4c(c(-c5ncc(F)c6sc(N)c(C#N)c56)c(F)c3n2)COC4)C1.CCCCC1CCCO1. The molecule has 2 saturated heterocycles. The number of nitrogens with zero attached hydrogens (tertiary/aromatic N) is 5. The summed E-state index contributed by atoms with van der Waals surface area (Å²) in [5.41, 5.74) is 7.98. The average Bonchev–Trinajstić information content (AvgIpc) is 3.91. The van der Waals surface area contributed by atoms with Gasteiger partial charge in [0.05, 0.1) is 41.5 Å². The van der Waals surface area contributed by atoms with Crippen LogP contribution in [0.25, 0.3) is 32.2 Å². The van der Waals surface area contributed by atoms with Crippen LogP contribution in [0.2, 0.25) is 0 Å². The smallest absolute Gasteiger partial charge is 0.225 e. The van der Waals surface area contributed by atoms with Crippen LogP contribution >= 0.6 is 11.3 Å². The van der Waals surface area contributed by atoms with Crippen molar-refractivity contribution in [3.05, 3.63) is 40.7 Å². The first-order valence-electron chi connectivity index (χ1n) is 16.6. The molecule has 1 aromatic carbocycles. The van der Waals surface area contributed by atoms with Crippen LogP contribution in [0.1, 0.15) is 96.8 Å². The fraction of sp³-hybridized carbons (Fsp3) is 0.543. The second kappa shape index (κ2) is 16.4. The van der Waals surface area contributed by atoms with E-state index in [1.54, 1.807) is 6.20 Å². The number of benzene rings is 1. The molecule has 0 saturated carbocycles. The summed E-state index contributed by atoms with van der Waals surface area (Å²) in [7, 11) is 0. The summed E-state index contributed by atoms with van der Waals surface area (Å²) in [4.78, 5) is 15.4. The van der Waals surface area contributed by atoms with Crippen molar-refractivity contribution in [2.24, 2.45) is 5.92 Å². The minimum atomic E-state index is -0.603. The van der Waals surface area contributed by atoms with Gasteiger partial charge in [0.15, 0.2) is 11.6 Å². The average molecular weight is 653 g/mol. The second-order valence-electron chi connectivity index (χ2n) is 11.3. The van der Waals surface area contributed by atoms with Gasteiger partial charge < -0.3 is 20.1 Å². The number of aromatic nitrogens is 3. The fourth-order valence-electron chi connectivity index (χ4n) is 6.11. The van der Waals surface area contributed by atoms with Crippen LogP contribution < -0.4 is 10.6 Å². The number of pyridine rings is 1.